The molecule has 3 nitrogen and oxygen atoms in total. The maximum absolute atomic E-state index is 11.5. The van der Waals surface area contributed by atoms with Crippen molar-refractivity contribution >= 4 is 5.91 Å². The zero-order chi connectivity index (χ0) is 13.4. The molecule has 1 rings (SSSR count). The first-order valence-electron chi connectivity index (χ1n) is 6.52. The van der Waals surface area contributed by atoms with Gasteiger partial charge < -0.3 is 10.1 Å². The van der Waals surface area contributed by atoms with E-state index in [2.05, 4.69) is 19.2 Å². The van der Waals surface area contributed by atoms with Crippen LogP contribution in [0.1, 0.15) is 32.3 Å². The zero-order valence-corrected chi connectivity index (χ0v) is 11.5. The number of carbonyl (C=O) groups excluding carboxylic acids is 1. The van der Waals surface area contributed by atoms with Gasteiger partial charge in [-0.05, 0) is 30.4 Å². The lowest BCUT2D eigenvalue weighted by molar-refractivity contribution is -0.121. The van der Waals surface area contributed by atoms with Crippen LogP contribution in [-0.4, -0.2) is 19.6 Å². The van der Waals surface area contributed by atoms with Gasteiger partial charge >= 0.3 is 0 Å². The summed E-state index contributed by atoms with van der Waals surface area (Å²) in [6.07, 6.45) is 2.36. The summed E-state index contributed by atoms with van der Waals surface area (Å²) < 4.78 is 5.27. The normalized spacial score (nSPS) is 10.4. The monoisotopic (exact) mass is 249 g/mol. The van der Waals surface area contributed by atoms with Gasteiger partial charge in [-0.1, -0.05) is 32.0 Å². The number of ether oxygens (including phenoxy) is 1. The van der Waals surface area contributed by atoms with Gasteiger partial charge in [-0.2, -0.15) is 0 Å². The molecule has 1 aromatic carbocycles. The quantitative estimate of drug-likeness (QED) is 0.807. The molecule has 0 aliphatic rings. The molecule has 0 bridgehead atoms. The van der Waals surface area contributed by atoms with Crippen molar-refractivity contribution in [2.45, 2.75) is 33.1 Å². The van der Waals surface area contributed by atoms with E-state index in [1.165, 1.54) is 0 Å². The van der Waals surface area contributed by atoms with Crippen molar-refractivity contribution in [1.29, 1.82) is 0 Å². The maximum Gasteiger partial charge on any atom is 0.220 e. The third-order valence-electron chi connectivity index (χ3n) is 2.86. The van der Waals surface area contributed by atoms with E-state index < -0.39 is 0 Å². The Morgan fingerprint density at radius 2 is 2.06 bits per heavy atom. The average molecular weight is 249 g/mol. The van der Waals surface area contributed by atoms with Gasteiger partial charge in [-0.15, -0.1) is 0 Å². The predicted molar refractivity (Wildman–Crippen MR) is 73.8 cm³/mol. The second kappa shape index (κ2) is 7.75. The summed E-state index contributed by atoms with van der Waals surface area (Å²) in [5.74, 6) is 1.59. The van der Waals surface area contributed by atoms with Gasteiger partial charge in [-0.3, -0.25) is 4.79 Å². The van der Waals surface area contributed by atoms with Crippen molar-refractivity contribution < 1.29 is 9.53 Å². The van der Waals surface area contributed by atoms with Crippen LogP contribution in [-0.2, 0) is 11.2 Å². The number of hydrogen-bond acceptors (Lipinski definition) is 2. The summed E-state index contributed by atoms with van der Waals surface area (Å²) in [5.41, 5.74) is 1.13. The molecule has 0 radical (unpaired) electrons. The Balaban J connectivity index is 2.31. The van der Waals surface area contributed by atoms with Gasteiger partial charge in [-0.25, -0.2) is 0 Å². The van der Waals surface area contributed by atoms with Crippen molar-refractivity contribution in [3.8, 4) is 5.75 Å². The maximum atomic E-state index is 11.5. The van der Waals surface area contributed by atoms with Crippen molar-refractivity contribution in [1.82, 2.24) is 5.32 Å². The largest absolute Gasteiger partial charge is 0.496 e. The number of methoxy groups -OCH3 is 1. The molecule has 0 atom stereocenters. The molecule has 0 aliphatic heterocycles. The van der Waals surface area contributed by atoms with Gasteiger partial charge in [0.05, 0.1) is 7.11 Å². The van der Waals surface area contributed by atoms with Gasteiger partial charge in [0.2, 0.25) is 5.91 Å². The van der Waals surface area contributed by atoms with Crippen molar-refractivity contribution in [3.05, 3.63) is 29.8 Å². The highest BCUT2D eigenvalue weighted by molar-refractivity contribution is 5.75. The summed E-state index contributed by atoms with van der Waals surface area (Å²) in [5, 5.41) is 2.94. The van der Waals surface area contributed by atoms with Gasteiger partial charge in [0.15, 0.2) is 0 Å². The molecule has 1 amide bonds. The van der Waals surface area contributed by atoms with E-state index in [0.29, 0.717) is 18.9 Å². The number of hydrogen-bond donors (Lipinski definition) is 1. The molecule has 0 aliphatic carbocycles. The summed E-state index contributed by atoms with van der Waals surface area (Å²) in [6, 6.07) is 7.90. The van der Waals surface area contributed by atoms with Crippen LogP contribution in [0, 0.1) is 5.92 Å². The fourth-order valence-corrected chi connectivity index (χ4v) is 1.75. The zero-order valence-electron chi connectivity index (χ0n) is 11.5. The van der Waals surface area contributed by atoms with Gasteiger partial charge in [0.1, 0.15) is 5.75 Å². The standard InChI is InChI=1S/C15H23NO2/c1-12(2)8-9-15(17)16-11-10-13-6-4-5-7-14(13)18-3/h4-7,12H,8-11H2,1-3H3,(H,16,17). The number of rotatable bonds is 7. The summed E-state index contributed by atoms with van der Waals surface area (Å²) in [7, 11) is 1.67. The first-order chi connectivity index (χ1) is 8.63. The minimum absolute atomic E-state index is 0.138. The van der Waals surface area contributed by atoms with Crippen LogP contribution in [0.15, 0.2) is 24.3 Å². The van der Waals surface area contributed by atoms with E-state index in [4.69, 9.17) is 4.74 Å². The molecule has 0 saturated heterocycles. The first kappa shape index (κ1) is 14.6. The number of carbonyl (C=O) groups is 1. The van der Waals surface area contributed by atoms with E-state index >= 15 is 0 Å². The van der Waals surface area contributed by atoms with Gasteiger partial charge in [0, 0.05) is 13.0 Å². The van der Waals surface area contributed by atoms with Crippen LogP contribution >= 0.6 is 0 Å². The molecule has 0 unspecified atom stereocenters. The molecule has 3 heteroatoms. The summed E-state index contributed by atoms with van der Waals surface area (Å²) >= 11 is 0. The van der Waals surface area contributed by atoms with Crippen molar-refractivity contribution in [2.24, 2.45) is 5.92 Å². The van der Waals surface area contributed by atoms with Crippen LogP contribution in [0.3, 0.4) is 0 Å². The van der Waals surface area contributed by atoms with E-state index in [-0.39, 0.29) is 5.91 Å². The molecule has 0 saturated carbocycles. The minimum Gasteiger partial charge on any atom is -0.496 e. The van der Waals surface area contributed by atoms with E-state index in [0.717, 1.165) is 24.2 Å². The van der Waals surface area contributed by atoms with Crippen LogP contribution in [0.4, 0.5) is 0 Å². The lowest BCUT2D eigenvalue weighted by Crippen LogP contribution is -2.25. The average Bonchev–Trinajstić information content (AvgIpc) is 2.37. The lowest BCUT2D eigenvalue weighted by atomic mass is 10.1. The van der Waals surface area contributed by atoms with Crippen LogP contribution < -0.4 is 10.1 Å². The Hall–Kier alpha value is -1.51. The molecular weight excluding hydrogens is 226 g/mol. The fourth-order valence-electron chi connectivity index (χ4n) is 1.75. The Morgan fingerprint density at radius 3 is 2.72 bits per heavy atom. The number of benzene rings is 1. The molecular formula is C15H23NO2. The smallest absolute Gasteiger partial charge is 0.220 e. The molecule has 0 spiro atoms. The Morgan fingerprint density at radius 1 is 1.33 bits per heavy atom. The van der Waals surface area contributed by atoms with Gasteiger partial charge in [0.25, 0.3) is 0 Å². The molecule has 1 aromatic rings. The van der Waals surface area contributed by atoms with Crippen molar-refractivity contribution in [2.75, 3.05) is 13.7 Å². The molecule has 0 heterocycles. The van der Waals surface area contributed by atoms with E-state index in [1.54, 1.807) is 7.11 Å². The molecule has 1 N–H and O–H groups in total. The SMILES string of the molecule is COc1ccccc1CCNC(=O)CCC(C)C. The van der Waals surface area contributed by atoms with Crippen LogP contribution in [0.2, 0.25) is 0 Å². The fraction of sp³-hybridized carbons (Fsp3) is 0.533. The number of nitrogens with one attached hydrogen (secondary N) is 1. The van der Waals surface area contributed by atoms with Crippen molar-refractivity contribution in [3.63, 3.8) is 0 Å². The van der Waals surface area contributed by atoms with Crippen LogP contribution in [0.25, 0.3) is 0 Å². The second-order valence-corrected chi connectivity index (χ2v) is 4.84. The highest BCUT2D eigenvalue weighted by atomic mass is 16.5. The Labute approximate surface area is 110 Å². The van der Waals surface area contributed by atoms with E-state index in [1.807, 2.05) is 24.3 Å². The highest BCUT2D eigenvalue weighted by Crippen LogP contribution is 2.17. The molecule has 18 heavy (non-hydrogen) atoms. The Bertz CT molecular complexity index is 375. The summed E-state index contributed by atoms with van der Waals surface area (Å²) in [4.78, 5) is 11.5. The second-order valence-electron chi connectivity index (χ2n) is 4.84. The Kier molecular flexibility index (Phi) is 6.26. The predicted octanol–water partition coefficient (Wildman–Crippen LogP) is 2.79. The minimum atomic E-state index is 0.138. The first-order valence-corrected chi connectivity index (χ1v) is 6.52. The lowest BCUT2D eigenvalue weighted by Gasteiger charge is -2.09. The summed E-state index contributed by atoms with van der Waals surface area (Å²) in [6.45, 7) is 4.92. The molecule has 0 aromatic heterocycles. The number of amides is 1. The van der Waals surface area contributed by atoms with E-state index in [9.17, 15) is 4.79 Å². The highest BCUT2D eigenvalue weighted by Gasteiger charge is 2.04. The molecule has 0 fully saturated rings. The number of para-hydroxylation sites is 1. The third-order valence-corrected chi connectivity index (χ3v) is 2.86. The van der Waals surface area contributed by atoms with Crippen LogP contribution in [0.5, 0.6) is 5.75 Å². The third kappa shape index (κ3) is 5.21. The topological polar surface area (TPSA) is 38.3 Å². The molecule has 100 valence electrons.